The van der Waals surface area contributed by atoms with Crippen LogP contribution in [0.2, 0.25) is 0 Å². The summed E-state index contributed by atoms with van der Waals surface area (Å²) in [5, 5.41) is 9.69. The standard InChI is InChI=1S/C17H24N4O2S/c1-5-18-17(19-9-8-14-11-24-12(2)20-14)21-13-6-7-15(22-3)16(10-13)23-4/h6-7,10-11H,5,8-9H2,1-4H3,(H2,18,19,21). The minimum Gasteiger partial charge on any atom is -0.493 e. The Labute approximate surface area is 146 Å². The Kier molecular flexibility index (Phi) is 6.87. The van der Waals surface area contributed by atoms with Gasteiger partial charge in [0.25, 0.3) is 0 Å². The number of benzene rings is 1. The molecule has 2 rings (SSSR count). The lowest BCUT2D eigenvalue weighted by molar-refractivity contribution is 0.355. The van der Waals surface area contributed by atoms with Gasteiger partial charge >= 0.3 is 0 Å². The average molecular weight is 348 g/mol. The van der Waals surface area contributed by atoms with Gasteiger partial charge in [-0.15, -0.1) is 11.3 Å². The van der Waals surface area contributed by atoms with Crippen molar-refractivity contribution in [2.24, 2.45) is 4.99 Å². The van der Waals surface area contributed by atoms with Crippen LogP contribution in [0, 0.1) is 6.92 Å². The summed E-state index contributed by atoms with van der Waals surface area (Å²) in [6.07, 6.45) is 0.826. The van der Waals surface area contributed by atoms with Crippen molar-refractivity contribution in [3.63, 3.8) is 0 Å². The first-order valence-electron chi connectivity index (χ1n) is 7.84. The van der Waals surface area contributed by atoms with Gasteiger partial charge in [-0.1, -0.05) is 0 Å². The number of guanidine groups is 1. The minimum atomic E-state index is 0.672. The second-order valence-corrected chi connectivity index (χ2v) is 6.13. The summed E-state index contributed by atoms with van der Waals surface area (Å²) >= 11 is 1.67. The van der Waals surface area contributed by atoms with Gasteiger partial charge < -0.3 is 20.1 Å². The monoisotopic (exact) mass is 348 g/mol. The first-order valence-corrected chi connectivity index (χ1v) is 8.72. The Balaban J connectivity index is 2.03. The van der Waals surface area contributed by atoms with E-state index >= 15 is 0 Å². The van der Waals surface area contributed by atoms with Gasteiger partial charge in [0.15, 0.2) is 17.5 Å². The molecule has 6 nitrogen and oxygen atoms in total. The molecule has 0 saturated heterocycles. The van der Waals surface area contributed by atoms with Crippen molar-refractivity contribution in [3.05, 3.63) is 34.3 Å². The maximum atomic E-state index is 5.33. The summed E-state index contributed by atoms with van der Waals surface area (Å²) in [7, 11) is 3.24. The Bertz CT molecular complexity index is 685. The van der Waals surface area contributed by atoms with E-state index in [9.17, 15) is 0 Å². The number of thiazole rings is 1. The lowest BCUT2D eigenvalue weighted by Gasteiger charge is -2.13. The normalized spacial score (nSPS) is 11.2. The van der Waals surface area contributed by atoms with Crippen LogP contribution in [0.3, 0.4) is 0 Å². The summed E-state index contributed by atoms with van der Waals surface area (Å²) in [6.45, 7) is 5.51. The first kappa shape index (κ1) is 18.1. The summed E-state index contributed by atoms with van der Waals surface area (Å²) in [5.74, 6) is 2.11. The number of nitrogens with one attached hydrogen (secondary N) is 2. The maximum Gasteiger partial charge on any atom is 0.195 e. The topological polar surface area (TPSA) is 67.8 Å². The van der Waals surface area contributed by atoms with Crippen LogP contribution in [-0.2, 0) is 6.42 Å². The Hall–Kier alpha value is -2.28. The summed E-state index contributed by atoms with van der Waals surface area (Å²) in [6, 6.07) is 5.68. The van der Waals surface area contributed by atoms with Crippen molar-refractivity contribution >= 4 is 23.0 Å². The second kappa shape index (κ2) is 9.12. The van der Waals surface area contributed by atoms with Crippen molar-refractivity contribution < 1.29 is 9.47 Å². The van der Waals surface area contributed by atoms with Gasteiger partial charge in [0.05, 0.1) is 24.9 Å². The van der Waals surface area contributed by atoms with Gasteiger partial charge in [0.1, 0.15) is 0 Å². The van der Waals surface area contributed by atoms with Crippen LogP contribution >= 0.6 is 11.3 Å². The Morgan fingerprint density at radius 3 is 2.67 bits per heavy atom. The van der Waals surface area contributed by atoms with E-state index in [0.717, 1.165) is 35.3 Å². The molecule has 7 heteroatoms. The molecule has 0 radical (unpaired) electrons. The van der Waals surface area contributed by atoms with Crippen LogP contribution in [0.4, 0.5) is 5.69 Å². The molecule has 0 fully saturated rings. The molecule has 1 heterocycles. The van der Waals surface area contributed by atoms with E-state index in [-0.39, 0.29) is 0 Å². The number of aromatic nitrogens is 1. The third-order valence-corrected chi connectivity index (χ3v) is 4.12. The molecule has 0 atom stereocenters. The largest absolute Gasteiger partial charge is 0.493 e. The van der Waals surface area contributed by atoms with E-state index in [4.69, 9.17) is 9.47 Å². The van der Waals surface area contributed by atoms with E-state index in [2.05, 4.69) is 26.0 Å². The van der Waals surface area contributed by atoms with Crippen molar-refractivity contribution in [2.45, 2.75) is 20.3 Å². The fourth-order valence-electron chi connectivity index (χ4n) is 2.16. The molecule has 2 N–H and O–H groups in total. The fraction of sp³-hybridized carbons (Fsp3) is 0.412. The number of nitrogens with zero attached hydrogens (tertiary/aromatic N) is 2. The highest BCUT2D eigenvalue weighted by Gasteiger charge is 2.06. The van der Waals surface area contributed by atoms with E-state index < -0.39 is 0 Å². The molecule has 130 valence electrons. The van der Waals surface area contributed by atoms with E-state index in [1.54, 1.807) is 25.6 Å². The molecule has 24 heavy (non-hydrogen) atoms. The number of aliphatic imine (C=N–C) groups is 1. The highest BCUT2D eigenvalue weighted by molar-refractivity contribution is 7.09. The molecule has 1 aromatic heterocycles. The van der Waals surface area contributed by atoms with Crippen LogP contribution in [0.15, 0.2) is 28.6 Å². The zero-order valence-electron chi connectivity index (χ0n) is 14.5. The lowest BCUT2D eigenvalue weighted by Crippen LogP contribution is -2.30. The number of hydrogen-bond acceptors (Lipinski definition) is 5. The smallest absolute Gasteiger partial charge is 0.195 e. The van der Waals surface area contributed by atoms with E-state index in [1.807, 2.05) is 32.0 Å². The highest BCUT2D eigenvalue weighted by atomic mass is 32.1. The van der Waals surface area contributed by atoms with Crippen LogP contribution in [0.1, 0.15) is 17.6 Å². The van der Waals surface area contributed by atoms with Crippen LogP contribution in [0.5, 0.6) is 11.5 Å². The zero-order valence-corrected chi connectivity index (χ0v) is 15.4. The Morgan fingerprint density at radius 1 is 1.25 bits per heavy atom. The minimum absolute atomic E-state index is 0.672. The summed E-state index contributed by atoms with van der Waals surface area (Å²) in [4.78, 5) is 9.06. The fourth-order valence-corrected chi connectivity index (χ4v) is 2.81. The number of methoxy groups -OCH3 is 2. The number of ether oxygens (including phenoxy) is 2. The molecular weight excluding hydrogens is 324 g/mol. The highest BCUT2D eigenvalue weighted by Crippen LogP contribution is 2.29. The third-order valence-electron chi connectivity index (χ3n) is 3.29. The lowest BCUT2D eigenvalue weighted by atomic mass is 10.2. The average Bonchev–Trinajstić information content (AvgIpc) is 3.00. The van der Waals surface area contributed by atoms with Gasteiger partial charge in [-0.25, -0.2) is 4.98 Å². The third kappa shape index (κ3) is 5.13. The number of hydrogen-bond donors (Lipinski definition) is 2. The van der Waals surface area contributed by atoms with Crippen molar-refractivity contribution in [2.75, 3.05) is 32.6 Å². The molecule has 0 aliphatic carbocycles. The van der Waals surface area contributed by atoms with Crippen LogP contribution < -0.4 is 20.1 Å². The molecular formula is C17H24N4O2S. The predicted octanol–water partition coefficient (Wildman–Crippen LogP) is 3.09. The van der Waals surface area contributed by atoms with Gasteiger partial charge in [-0.2, -0.15) is 0 Å². The zero-order chi connectivity index (χ0) is 17.4. The quantitative estimate of drug-likeness (QED) is 0.594. The van der Waals surface area contributed by atoms with Gasteiger partial charge in [-0.05, 0) is 26.0 Å². The van der Waals surface area contributed by atoms with Crippen LogP contribution in [-0.4, -0.2) is 38.3 Å². The van der Waals surface area contributed by atoms with Gasteiger partial charge in [0.2, 0.25) is 0 Å². The second-order valence-electron chi connectivity index (χ2n) is 5.06. The van der Waals surface area contributed by atoms with E-state index in [0.29, 0.717) is 18.0 Å². The van der Waals surface area contributed by atoms with Gasteiger partial charge in [-0.3, -0.25) is 4.99 Å². The number of anilines is 1. The molecule has 0 amide bonds. The maximum absolute atomic E-state index is 5.33. The molecule has 0 aliphatic heterocycles. The molecule has 0 spiro atoms. The first-order chi connectivity index (χ1) is 11.7. The van der Waals surface area contributed by atoms with Crippen LogP contribution in [0.25, 0.3) is 0 Å². The molecule has 0 unspecified atom stereocenters. The van der Waals surface area contributed by atoms with Crippen molar-refractivity contribution in [3.8, 4) is 11.5 Å². The summed E-state index contributed by atoms with van der Waals surface area (Å²) in [5.41, 5.74) is 1.97. The molecule has 0 aliphatic rings. The van der Waals surface area contributed by atoms with E-state index in [1.165, 1.54) is 0 Å². The predicted molar refractivity (Wildman–Crippen MR) is 99.7 cm³/mol. The molecule has 1 aromatic carbocycles. The van der Waals surface area contributed by atoms with Crippen molar-refractivity contribution in [1.82, 2.24) is 10.3 Å². The van der Waals surface area contributed by atoms with Gasteiger partial charge in [0, 0.05) is 36.6 Å². The summed E-state index contributed by atoms with van der Waals surface area (Å²) < 4.78 is 10.6. The molecule has 2 aromatic rings. The SMILES string of the molecule is CCNC(=NCCc1csc(C)n1)Nc1ccc(OC)c(OC)c1. The van der Waals surface area contributed by atoms with Crippen molar-refractivity contribution in [1.29, 1.82) is 0 Å². The molecule has 0 bridgehead atoms. The number of rotatable bonds is 7. The number of aryl methyl sites for hydroxylation is 1. The molecule has 0 saturated carbocycles. The Morgan fingerprint density at radius 2 is 2.04 bits per heavy atom.